The van der Waals surface area contributed by atoms with Crippen molar-refractivity contribution in [3.05, 3.63) is 11.6 Å². The van der Waals surface area contributed by atoms with E-state index in [0.717, 1.165) is 94.3 Å². The third-order valence-electron chi connectivity index (χ3n) is 6.49. The maximum atomic E-state index is 5.86. The van der Waals surface area contributed by atoms with Crippen LogP contribution in [0.15, 0.2) is 0 Å². The molecule has 0 aromatic carbocycles. The van der Waals surface area contributed by atoms with Gasteiger partial charge in [0.05, 0.1) is 32.0 Å². The number of nitrogens with zero attached hydrogens (tertiary/aromatic N) is 7. The largest absolute Gasteiger partial charge is 0.378 e. The second kappa shape index (κ2) is 7.71. The number of aromatic nitrogens is 4. The van der Waals surface area contributed by atoms with Crippen molar-refractivity contribution >= 4 is 17.0 Å². The van der Waals surface area contributed by atoms with E-state index >= 15 is 0 Å². The molecule has 5 heterocycles. The first kappa shape index (κ1) is 20.1. The van der Waals surface area contributed by atoms with Gasteiger partial charge in [0.15, 0.2) is 17.0 Å². The maximum Gasteiger partial charge on any atom is 0.165 e. The third-order valence-corrected chi connectivity index (χ3v) is 6.49. The van der Waals surface area contributed by atoms with E-state index < -0.39 is 0 Å². The highest BCUT2D eigenvalue weighted by Gasteiger charge is 2.37. The highest BCUT2D eigenvalue weighted by atomic mass is 16.5. The van der Waals surface area contributed by atoms with Crippen molar-refractivity contribution in [2.45, 2.75) is 39.0 Å². The lowest BCUT2D eigenvalue weighted by molar-refractivity contribution is -0.116. The van der Waals surface area contributed by atoms with Gasteiger partial charge in [-0.1, -0.05) is 0 Å². The Hall–Kier alpha value is -1.81. The Kier molecular flexibility index (Phi) is 5.17. The van der Waals surface area contributed by atoms with Gasteiger partial charge in [-0.15, -0.1) is 0 Å². The standard InChI is InChI=1S/C21H33N7O2/c1-15-22-19-18(20(23-15)27-5-8-29-9-6-27)24-17(25(19)4)13-26-11-16(12-26)28-7-10-30-21(2,3)14-28/h16H,5-14H2,1-4H3. The van der Waals surface area contributed by atoms with Crippen LogP contribution in [-0.2, 0) is 23.1 Å². The van der Waals surface area contributed by atoms with Crippen molar-refractivity contribution in [2.24, 2.45) is 7.05 Å². The van der Waals surface area contributed by atoms with Crippen LogP contribution in [0.2, 0.25) is 0 Å². The van der Waals surface area contributed by atoms with Crippen LogP contribution in [-0.4, -0.2) is 100 Å². The van der Waals surface area contributed by atoms with Gasteiger partial charge in [0.2, 0.25) is 0 Å². The van der Waals surface area contributed by atoms with Gasteiger partial charge in [-0.25, -0.2) is 15.0 Å². The first-order chi connectivity index (χ1) is 14.4. The molecule has 5 rings (SSSR count). The zero-order valence-corrected chi connectivity index (χ0v) is 18.6. The van der Waals surface area contributed by atoms with Gasteiger partial charge >= 0.3 is 0 Å². The molecule has 0 amide bonds. The van der Waals surface area contributed by atoms with Crippen molar-refractivity contribution in [1.82, 2.24) is 29.3 Å². The third kappa shape index (κ3) is 3.79. The summed E-state index contributed by atoms with van der Waals surface area (Å²) in [6.07, 6.45) is 0. The molecule has 30 heavy (non-hydrogen) atoms. The Morgan fingerprint density at radius 1 is 1.03 bits per heavy atom. The van der Waals surface area contributed by atoms with Gasteiger partial charge in [0, 0.05) is 52.4 Å². The van der Waals surface area contributed by atoms with Gasteiger partial charge in [-0.3, -0.25) is 9.80 Å². The number of anilines is 1. The number of likely N-dealkylation sites (tertiary alicyclic amines) is 1. The second-order valence-corrected chi connectivity index (χ2v) is 9.38. The number of hydrogen-bond acceptors (Lipinski definition) is 8. The van der Waals surface area contributed by atoms with E-state index in [1.807, 2.05) is 6.92 Å². The molecule has 3 aliphatic rings. The van der Waals surface area contributed by atoms with Crippen molar-refractivity contribution < 1.29 is 9.47 Å². The molecule has 3 saturated heterocycles. The molecule has 9 heteroatoms. The highest BCUT2D eigenvalue weighted by Crippen LogP contribution is 2.27. The summed E-state index contributed by atoms with van der Waals surface area (Å²) in [5, 5.41) is 0. The van der Waals surface area contributed by atoms with Gasteiger partial charge in [-0.05, 0) is 20.8 Å². The SMILES string of the molecule is Cc1nc(N2CCOCC2)c2nc(CN3CC(N4CCOC(C)(C)C4)C3)n(C)c2n1. The molecule has 3 fully saturated rings. The molecule has 0 spiro atoms. The molecule has 0 saturated carbocycles. The molecular weight excluding hydrogens is 382 g/mol. The Labute approximate surface area is 178 Å². The Bertz CT molecular complexity index is 916. The summed E-state index contributed by atoms with van der Waals surface area (Å²) in [7, 11) is 2.07. The molecule has 2 aromatic rings. The fraction of sp³-hybridized carbons (Fsp3) is 0.762. The summed E-state index contributed by atoms with van der Waals surface area (Å²) in [5.41, 5.74) is 1.79. The number of hydrogen-bond donors (Lipinski definition) is 0. The van der Waals surface area contributed by atoms with Crippen molar-refractivity contribution in [1.29, 1.82) is 0 Å². The average Bonchev–Trinajstić information content (AvgIpc) is 2.99. The molecule has 9 nitrogen and oxygen atoms in total. The number of ether oxygens (including phenoxy) is 2. The molecule has 0 bridgehead atoms. The zero-order chi connectivity index (χ0) is 20.9. The predicted molar refractivity (Wildman–Crippen MR) is 115 cm³/mol. The minimum atomic E-state index is -0.0392. The molecular formula is C21H33N7O2. The molecule has 3 aliphatic heterocycles. The lowest BCUT2D eigenvalue weighted by Gasteiger charge is -2.49. The maximum absolute atomic E-state index is 5.86. The van der Waals surface area contributed by atoms with E-state index in [2.05, 4.69) is 40.2 Å². The highest BCUT2D eigenvalue weighted by molar-refractivity contribution is 5.84. The van der Waals surface area contributed by atoms with E-state index in [-0.39, 0.29) is 5.60 Å². The Morgan fingerprint density at radius 3 is 2.53 bits per heavy atom. The monoisotopic (exact) mass is 415 g/mol. The molecule has 0 unspecified atom stereocenters. The van der Waals surface area contributed by atoms with E-state index in [4.69, 9.17) is 24.4 Å². The Morgan fingerprint density at radius 2 is 1.80 bits per heavy atom. The fourth-order valence-corrected chi connectivity index (χ4v) is 4.80. The van der Waals surface area contributed by atoms with Crippen LogP contribution < -0.4 is 4.90 Å². The quantitative estimate of drug-likeness (QED) is 0.726. The summed E-state index contributed by atoms with van der Waals surface area (Å²) >= 11 is 0. The molecule has 164 valence electrons. The molecule has 0 N–H and O–H groups in total. The predicted octanol–water partition coefficient (Wildman–Crippen LogP) is 0.803. The smallest absolute Gasteiger partial charge is 0.165 e. The van der Waals surface area contributed by atoms with Crippen molar-refractivity contribution in [2.75, 3.05) is 64.0 Å². The van der Waals surface area contributed by atoms with Gasteiger partial charge in [-0.2, -0.15) is 0 Å². The van der Waals surface area contributed by atoms with E-state index in [1.165, 1.54) is 0 Å². The number of imidazole rings is 1. The van der Waals surface area contributed by atoms with Gasteiger partial charge in [0.1, 0.15) is 11.6 Å². The number of aryl methyl sites for hydroxylation is 2. The van der Waals surface area contributed by atoms with Gasteiger partial charge < -0.3 is 18.9 Å². The number of fused-ring (bicyclic) bond motifs is 1. The second-order valence-electron chi connectivity index (χ2n) is 9.38. The fourth-order valence-electron chi connectivity index (χ4n) is 4.80. The van der Waals surface area contributed by atoms with E-state index in [9.17, 15) is 0 Å². The molecule has 2 aromatic heterocycles. The van der Waals surface area contributed by atoms with E-state index in [0.29, 0.717) is 6.04 Å². The van der Waals surface area contributed by atoms with Gasteiger partial charge in [0.25, 0.3) is 0 Å². The van der Waals surface area contributed by atoms with Crippen molar-refractivity contribution in [3.63, 3.8) is 0 Å². The molecule has 0 aliphatic carbocycles. The summed E-state index contributed by atoms with van der Waals surface area (Å²) in [6, 6.07) is 0.619. The lowest BCUT2D eigenvalue weighted by Crippen LogP contribution is -2.63. The summed E-state index contributed by atoms with van der Waals surface area (Å²) in [6.45, 7) is 15.4. The van der Waals surface area contributed by atoms with Crippen LogP contribution >= 0.6 is 0 Å². The summed E-state index contributed by atoms with van der Waals surface area (Å²) in [5.74, 6) is 2.79. The van der Waals surface area contributed by atoms with Crippen LogP contribution in [0.4, 0.5) is 5.82 Å². The van der Waals surface area contributed by atoms with Crippen LogP contribution in [0.3, 0.4) is 0 Å². The number of rotatable bonds is 4. The molecule has 0 atom stereocenters. The zero-order valence-electron chi connectivity index (χ0n) is 18.6. The lowest BCUT2D eigenvalue weighted by atomic mass is 10.0. The van der Waals surface area contributed by atoms with Crippen LogP contribution in [0.1, 0.15) is 25.5 Å². The minimum absolute atomic E-state index is 0.0392. The number of morpholine rings is 2. The molecule has 0 radical (unpaired) electrons. The first-order valence-corrected chi connectivity index (χ1v) is 11.0. The normalized spacial score (nSPS) is 23.8. The van der Waals surface area contributed by atoms with Crippen molar-refractivity contribution in [3.8, 4) is 0 Å². The Balaban J connectivity index is 1.30. The summed E-state index contributed by atoms with van der Waals surface area (Å²) < 4.78 is 13.5. The van der Waals surface area contributed by atoms with E-state index in [1.54, 1.807) is 0 Å². The van der Waals surface area contributed by atoms with Crippen LogP contribution in [0.25, 0.3) is 11.2 Å². The summed E-state index contributed by atoms with van der Waals surface area (Å²) in [4.78, 5) is 21.8. The first-order valence-electron chi connectivity index (χ1n) is 11.0. The van der Waals surface area contributed by atoms with Crippen LogP contribution in [0.5, 0.6) is 0 Å². The minimum Gasteiger partial charge on any atom is -0.378 e. The van der Waals surface area contributed by atoms with Crippen LogP contribution in [0, 0.1) is 6.92 Å². The topological polar surface area (TPSA) is 71.8 Å². The average molecular weight is 416 g/mol.